The average Bonchev–Trinajstić information content (AvgIpc) is 2.11. The summed E-state index contributed by atoms with van der Waals surface area (Å²) in [5.41, 5.74) is 1.12. The van der Waals surface area contributed by atoms with Crippen LogP contribution in [0.15, 0.2) is 22.7 Å². The smallest absolute Gasteiger partial charge is 0.123 e. The summed E-state index contributed by atoms with van der Waals surface area (Å²) in [5, 5.41) is 0.697. The van der Waals surface area contributed by atoms with E-state index in [1.165, 1.54) is 0 Å². The summed E-state index contributed by atoms with van der Waals surface area (Å²) < 4.78 is 0.879. The zero-order chi connectivity index (χ0) is 9.84. The van der Waals surface area contributed by atoms with Gasteiger partial charge in [-0.25, -0.2) is 0 Å². The fourth-order valence-corrected chi connectivity index (χ4v) is 1.63. The molecular weight excluding hydrogens is 251 g/mol. The van der Waals surface area contributed by atoms with Crippen molar-refractivity contribution in [3.05, 3.63) is 33.3 Å². The SMILES string of the molecule is CC(C=O)Cc1ccc(Cl)c(Br)c1. The lowest BCUT2D eigenvalue weighted by atomic mass is 10.0. The van der Waals surface area contributed by atoms with Crippen molar-refractivity contribution in [1.82, 2.24) is 0 Å². The molecule has 0 fully saturated rings. The molecule has 0 spiro atoms. The van der Waals surface area contributed by atoms with Gasteiger partial charge in [-0.1, -0.05) is 24.6 Å². The normalized spacial score (nSPS) is 12.5. The number of halogens is 2. The molecular formula is C10H10BrClO. The molecule has 0 saturated carbocycles. The van der Waals surface area contributed by atoms with Gasteiger partial charge in [-0.05, 0) is 40.0 Å². The first kappa shape index (κ1) is 10.7. The van der Waals surface area contributed by atoms with Crippen molar-refractivity contribution >= 4 is 33.8 Å². The zero-order valence-electron chi connectivity index (χ0n) is 7.26. The monoisotopic (exact) mass is 260 g/mol. The minimum absolute atomic E-state index is 0.0630. The molecule has 0 aliphatic rings. The summed E-state index contributed by atoms with van der Waals surface area (Å²) in [4.78, 5) is 10.4. The van der Waals surface area contributed by atoms with Crippen LogP contribution in [0.5, 0.6) is 0 Å². The Balaban J connectivity index is 2.79. The lowest BCUT2D eigenvalue weighted by Crippen LogP contribution is -2.00. The first-order valence-electron chi connectivity index (χ1n) is 4.02. The number of carbonyl (C=O) groups excluding carboxylic acids is 1. The fourth-order valence-electron chi connectivity index (χ4n) is 1.09. The molecule has 1 nitrogen and oxygen atoms in total. The Hall–Kier alpha value is -0.340. The summed E-state index contributed by atoms with van der Waals surface area (Å²) in [6, 6.07) is 5.72. The number of hydrogen-bond acceptors (Lipinski definition) is 1. The lowest BCUT2D eigenvalue weighted by Gasteiger charge is -2.04. The van der Waals surface area contributed by atoms with Gasteiger partial charge in [-0.2, -0.15) is 0 Å². The van der Waals surface area contributed by atoms with Crippen molar-refractivity contribution < 1.29 is 4.79 Å². The Bertz CT molecular complexity index is 312. The molecule has 13 heavy (non-hydrogen) atoms. The molecule has 0 aliphatic heterocycles. The molecule has 0 saturated heterocycles. The van der Waals surface area contributed by atoms with E-state index < -0.39 is 0 Å². The third-order valence-corrected chi connectivity index (χ3v) is 2.99. The predicted molar refractivity (Wildman–Crippen MR) is 58.1 cm³/mol. The van der Waals surface area contributed by atoms with Crippen molar-refractivity contribution in [3.8, 4) is 0 Å². The minimum Gasteiger partial charge on any atom is -0.303 e. The van der Waals surface area contributed by atoms with E-state index >= 15 is 0 Å². The van der Waals surface area contributed by atoms with E-state index in [0.717, 1.165) is 22.7 Å². The second kappa shape index (κ2) is 4.77. The maximum Gasteiger partial charge on any atom is 0.123 e. The number of hydrogen-bond donors (Lipinski definition) is 0. The van der Waals surface area contributed by atoms with Crippen LogP contribution in [0.2, 0.25) is 5.02 Å². The van der Waals surface area contributed by atoms with E-state index in [0.29, 0.717) is 5.02 Å². The summed E-state index contributed by atoms with van der Waals surface area (Å²) in [5.74, 6) is 0.0630. The minimum atomic E-state index is 0.0630. The van der Waals surface area contributed by atoms with Crippen LogP contribution in [0.3, 0.4) is 0 Å². The van der Waals surface area contributed by atoms with Gasteiger partial charge in [0.15, 0.2) is 0 Å². The Morgan fingerprint density at radius 3 is 2.85 bits per heavy atom. The molecule has 0 radical (unpaired) electrons. The van der Waals surface area contributed by atoms with Crippen LogP contribution >= 0.6 is 27.5 Å². The van der Waals surface area contributed by atoms with Crippen LogP contribution in [0.4, 0.5) is 0 Å². The molecule has 0 aliphatic carbocycles. The third-order valence-electron chi connectivity index (χ3n) is 1.77. The molecule has 1 unspecified atom stereocenters. The first-order chi connectivity index (χ1) is 6.13. The van der Waals surface area contributed by atoms with Crippen LogP contribution in [0, 0.1) is 5.92 Å². The molecule has 3 heteroatoms. The fraction of sp³-hybridized carbons (Fsp3) is 0.300. The van der Waals surface area contributed by atoms with Crippen LogP contribution in [-0.4, -0.2) is 6.29 Å². The molecule has 0 aromatic heterocycles. The maximum atomic E-state index is 10.4. The van der Waals surface area contributed by atoms with Gasteiger partial charge in [0.25, 0.3) is 0 Å². The summed E-state index contributed by atoms with van der Waals surface area (Å²) in [6.07, 6.45) is 1.72. The molecule has 1 aromatic rings. The topological polar surface area (TPSA) is 17.1 Å². The van der Waals surface area contributed by atoms with Crippen molar-refractivity contribution in [3.63, 3.8) is 0 Å². The van der Waals surface area contributed by atoms with Gasteiger partial charge >= 0.3 is 0 Å². The van der Waals surface area contributed by atoms with Gasteiger partial charge in [-0.15, -0.1) is 0 Å². The van der Waals surface area contributed by atoms with Crippen molar-refractivity contribution in [2.45, 2.75) is 13.3 Å². The molecule has 1 aromatic carbocycles. The highest BCUT2D eigenvalue weighted by Gasteiger charge is 2.03. The Morgan fingerprint density at radius 2 is 2.31 bits per heavy atom. The zero-order valence-corrected chi connectivity index (χ0v) is 9.60. The molecule has 0 bridgehead atoms. The number of rotatable bonds is 3. The van der Waals surface area contributed by atoms with E-state index in [9.17, 15) is 4.79 Å². The largest absolute Gasteiger partial charge is 0.303 e. The predicted octanol–water partition coefficient (Wildman–Crippen LogP) is 3.48. The molecule has 1 atom stereocenters. The highest BCUT2D eigenvalue weighted by molar-refractivity contribution is 9.10. The first-order valence-corrected chi connectivity index (χ1v) is 5.20. The third kappa shape index (κ3) is 3.12. The highest BCUT2D eigenvalue weighted by Crippen LogP contribution is 2.24. The van der Waals surface area contributed by atoms with Gasteiger partial charge in [-0.3, -0.25) is 0 Å². The van der Waals surface area contributed by atoms with Gasteiger partial charge in [0.1, 0.15) is 6.29 Å². The Kier molecular flexibility index (Phi) is 3.94. The summed E-state index contributed by atoms with van der Waals surface area (Å²) in [6.45, 7) is 1.90. The number of aldehydes is 1. The average molecular weight is 262 g/mol. The van der Waals surface area contributed by atoms with Gasteiger partial charge in [0.2, 0.25) is 0 Å². The Labute approximate surface area is 91.2 Å². The summed E-state index contributed by atoms with van der Waals surface area (Å²) >= 11 is 9.17. The standard InChI is InChI=1S/C10H10BrClO/c1-7(6-13)4-8-2-3-10(12)9(11)5-8/h2-3,5-7H,4H2,1H3. The van der Waals surface area contributed by atoms with Gasteiger partial charge in [0, 0.05) is 10.4 Å². The van der Waals surface area contributed by atoms with Crippen molar-refractivity contribution in [2.24, 2.45) is 5.92 Å². The van der Waals surface area contributed by atoms with E-state index in [4.69, 9.17) is 11.6 Å². The molecule has 0 N–H and O–H groups in total. The van der Waals surface area contributed by atoms with E-state index in [2.05, 4.69) is 15.9 Å². The Morgan fingerprint density at radius 1 is 1.62 bits per heavy atom. The van der Waals surface area contributed by atoms with Gasteiger partial charge < -0.3 is 4.79 Å². The van der Waals surface area contributed by atoms with Crippen molar-refractivity contribution in [2.75, 3.05) is 0 Å². The second-order valence-electron chi connectivity index (χ2n) is 3.07. The number of carbonyl (C=O) groups is 1. The van der Waals surface area contributed by atoms with Crippen LogP contribution in [0.25, 0.3) is 0 Å². The van der Waals surface area contributed by atoms with E-state index in [1.807, 2.05) is 25.1 Å². The van der Waals surface area contributed by atoms with Crippen molar-refractivity contribution in [1.29, 1.82) is 0 Å². The summed E-state index contributed by atoms with van der Waals surface area (Å²) in [7, 11) is 0. The highest BCUT2D eigenvalue weighted by atomic mass is 79.9. The molecule has 0 amide bonds. The van der Waals surface area contributed by atoms with E-state index in [1.54, 1.807) is 0 Å². The lowest BCUT2D eigenvalue weighted by molar-refractivity contribution is -0.110. The van der Waals surface area contributed by atoms with Gasteiger partial charge in [0.05, 0.1) is 5.02 Å². The van der Waals surface area contributed by atoms with Crippen LogP contribution < -0.4 is 0 Å². The molecule has 70 valence electrons. The van der Waals surface area contributed by atoms with Crippen LogP contribution in [0.1, 0.15) is 12.5 Å². The number of benzene rings is 1. The maximum absolute atomic E-state index is 10.4. The second-order valence-corrected chi connectivity index (χ2v) is 4.33. The molecule has 1 rings (SSSR count). The van der Waals surface area contributed by atoms with Crippen LogP contribution in [-0.2, 0) is 11.2 Å². The van der Waals surface area contributed by atoms with E-state index in [-0.39, 0.29) is 5.92 Å². The quantitative estimate of drug-likeness (QED) is 0.761. The molecule has 0 heterocycles.